The molecule has 2 rings (SSSR count). The lowest BCUT2D eigenvalue weighted by Gasteiger charge is -2.10. The van der Waals surface area contributed by atoms with Crippen molar-refractivity contribution in [2.75, 3.05) is 10.6 Å². The van der Waals surface area contributed by atoms with Gasteiger partial charge in [0, 0.05) is 11.3 Å². The van der Waals surface area contributed by atoms with Crippen LogP contribution in [0, 0.1) is 6.92 Å². The molecule has 1 heterocycles. The molecule has 0 saturated carbocycles. The van der Waals surface area contributed by atoms with Gasteiger partial charge in [0.15, 0.2) is 0 Å². The normalized spacial score (nSPS) is 10.5. The van der Waals surface area contributed by atoms with E-state index in [1.165, 1.54) is 5.56 Å². The summed E-state index contributed by atoms with van der Waals surface area (Å²) in [6.45, 7) is 6.11. The third-order valence-electron chi connectivity index (χ3n) is 2.90. The van der Waals surface area contributed by atoms with E-state index >= 15 is 0 Å². The summed E-state index contributed by atoms with van der Waals surface area (Å²) in [6.07, 6.45) is 1.55. The van der Waals surface area contributed by atoms with Gasteiger partial charge in [0.05, 0.1) is 6.26 Å². The monoisotopic (exact) mass is 258 g/mol. The van der Waals surface area contributed by atoms with Crippen molar-refractivity contribution >= 4 is 17.6 Å². The van der Waals surface area contributed by atoms with E-state index in [0.29, 0.717) is 11.8 Å². The SMILES string of the molecule is Cc1ccoc1NC(=O)Nc1cccc(C(C)C)c1. The summed E-state index contributed by atoms with van der Waals surface area (Å²) >= 11 is 0. The molecule has 2 N–H and O–H groups in total. The highest BCUT2D eigenvalue weighted by Crippen LogP contribution is 2.19. The predicted molar refractivity (Wildman–Crippen MR) is 76.6 cm³/mol. The number of urea groups is 1. The van der Waals surface area contributed by atoms with Gasteiger partial charge in [-0.2, -0.15) is 0 Å². The summed E-state index contributed by atoms with van der Waals surface area (Å²) in [7, 11) is 0. The number of amides is 2. The highest BCUT2D eigenvalue weighted by molar-refractivity contribution is 5.99. The first kappa shape index (κ1) is 13.2. The number of hydrogen-bond donors (Lipinski definition) is 2. The molecule has 4 nitrogen and oxygen atoms in total. The Kier molecular flexibility index (Phi) is 3.90. The molecule has 0 aliphatic heterocycles. The molecule has 4 heteroatoms. The Hall–Kier alpha value is -2.23. The van der Waals surface area contributed by atoms with Crippen LogP contribution in [-0.2, 0) is 0 Å². The number of benzene rings is 1. The number of furan rings is 1. The van der Waals surface area contributed by atoms with Gasteiger partial charge in [0.1, 0.15) is 0 Å². The van der Waals surface area contributed by atoms with E-state index in [2.05, 4.69) is 24.5 Å². The van der Waals surface area contributed by atoms with E-state index < -0.39 is 0 Å². The maximum Gasteiger partial charge on any atom is 0.326 e. The van der Waals surface area contributed by atoms with Crippen molar-refractivity contribution in [2.24, 2.45) is 0 Å². The maximum absolute atomic E-state index is 11.8. The van der Waals surface area contributed by atoms with E-state index in [-0.39, 0.29) is 6.03 Å². The molecule has 19 heavy (non-hydrogen) atoms. The van der Waals surface area contributed by atoms with Gasteiger partial charge < -0.3 is 9.73 Å². The molecule has 0 bridgehead atoms. The van der Waals surface area contributed by atoms with E-state index in [9.17, 15) is 4.79 Å². The minimum absolute atomic E-state index is 0.307. The standard InChI is InChI=1S/C15H18N2O2/c1-10(2)12-5-4-6-13(9-12)16-15(18)17-14-11(3)7-8-19-14/h4-10H,1-3H3,(H2,16,17,18). The zero-order valence-corrected chi connectivity index (χ0v) is 11.4. The zero-order valence-electron chi connectivity index (χ0n) is 11.4. The topological polar surface area (TPSA) is 54.3 Å². The molecule has 2 amide bonds. The summed E-state index contributed by atoms with van der Waals surface area (Å²) < 4.78 is 5.16. The van der Waals surface area contributed by atoms with Crippen molar-refractivity contribution in [3.63, 3.8) is 0 Å². The average Bonchev–Trinajstić information content (AvgIpc) is 2.75. The van der Waals surface area contributed by atoms with Crippen LogP contribution < -0.4 is 10.6 Å². The largest absolute Gasteiger partial charge is 0.448 e. The summed E-state index contributed by atoms with van der Waals surface area (Å²) in [5, 5.41) is 5.46. The number of carbonyl (C=O) groups is 1. The number of carbonyl (C=O) groups excluding carboxylic acids is 1. The smallest absolute Gasteiger partial charge is 0.326 e. The highest BCUT2D eigenvalue weighted by atomic mass is 16.3. The average molecular weight is 258 g/mol. The minimum atomic E-state index is -0.307. The number of nitrogens with one attached hydrogen (secondary N) is 2. The van der Waals surface area contributed by atoms with Crippen molar-refractivity contribution in [1.29, 1.82) is 0 Å². The van der Waals surface area contributed by atoms with Gasteiger partial charge in [0.2, 0.25) is 5.88 Å². The van der Waals surface area contributed by atoms with Gasteiger partial charge in [-0.25, -0.2) is 4.79 Å². The lowest BCUT2D eigenvalue weighted by molar-refractivity contribution is 0.261. The number of anilines is 2. The Balaban J connectivity index is 2.03. The molecular weight excluding hydrogens is 240 g/mol. The molecule has 2 aromatic rings. The molecule has 0 aliphatic rings. The molecule has 100 valence electrons. The van der Waals surface area contributed by atoms with Crippen LogP contribution >= 0.6 is 0 Å². The molecule has 0 saturated heterocycles. The third-order valence-corrected chi connectivity index (χ3v) is 2.90. The maximum atomic E-state index is 11.8. The van der Waals surface area contributed by atoms with Gasteiger partial charge in [-0.15, -0.1) is 0 Å². The van der Waals surface area contributed by atoms with Crippen LogP contribution in [0.1, 0.15) is 30.9 Å². The van der Waals surface area contributed by atoms with Crippen molar-refractivity contribution in [2.45, 2.75) is 26.7 Å². The molecule has 1 aromatic heterocycles. The fourth-order valence-corrected chi connectivity index (χ4v) is 1.74. The lowest BCUT2D eigenvalue weighted by Crippen LogP contribution is -2.19. The van der Waals surface area contributed by atoms with Crippen LogP contribution in [-0.4, -0.2) is 6.03 Å². The van der Waals surface area contributed by atoms with Crippen LogP contribution in [0.5, 0.6) is 0 Å². The van der Waals surface area contributed by atoms with Crippen molar-refractivity contribution in [1.82, 2.24) is 0 Å². The Labute approximate surface area is 112 Å². The van der Waals surface area contributed by atoms with Crippen molar-refractivity contribution in [3.05, 3.63) is 47.7 Å². The Bertz CT molecular complexity index is 573. The van der Waals surface area contributed by atoms with Gasteiger partial charge in [-0.1, -0.05) is 26.0 Å². The fraction of sp³-hybridized carbons (Fsp3) is 0.267. The Morgan fingerprint density at radius 1 is 1.21 bits per heavy atom. The Morgan fingerprint density at radius 3 is 2.63 bits per heavy atom. The second-order valence-corrected chi connectivity index (χ2v) is 4.79. The van der Waals surface area contributed by atoms with Gasteiger partial charge in [-0.05, 0) is 36.6 Å². The molecule has 0 unspecified atom stereocenters. The summed E-state index contributed by atoms with van der Waals surface area (Å²) in [6, 6.07) is 9.31. The van der Waals surface area contributed by atoms with E-state index in [1.54, 1.807) is 12.3 Å². The molecule has 0 fully saturated rings. The number of aryl methyl sites for hydroxylation is 1. The van der Waals surface area contributed by atoms with Crippen LogP contribution in [0.15, 0.2) is 41.0 Å². The van der Waals surface area contributed by atoms with Crippen molar-refractivity contribution < 1.29 is 9.21 Å². The van der Waals surface area contributed by atoms with E-state index in [0.717, 1.165) is 11.3 Å². The highest BCUT2D eigenvalue weighted by Gasteiger charge is 2.08. The van der Waals surface area contributed by atoms with Crippen LogP contribution in [0.3, 0.4) is 0 Å². The van der Waals surface area contributed by atoms with Crippen LogP contribution in [0.4, 0.5) is 16.4 Å². The van der Waals surface area contributed by atoms with Gasteiger partial charge in [0.25, 0.3) is 0 Å². The molecule has 0 spiro atoms. The molecule has 1 aromatic carbocycles. The zero-order chi connectivity index (χ0) is 13.8. The number of hydrogen-bond acceptors (Lipinski definition) is 2. The predicted octanol–water partition coefficient (Wildman–Crippen LogP) is 4.36. The summed E-state index contributed by atoms with van der Waals surface area (Å²) in [5.74, 6) is 0.898. The quantitative estimate of drug-likeness (QED) is 0.859. The second kappa shape index (κ2) is 5.61. The van der Waals surface area contributed by atoms with E-state index in [4.69, 9.17) is 4.42 Å². The lowest BCUT2D eigenvalue weighted by atomic mass is 10.0. The summed E-state index contributed by atoms with van der Waals surface area (Å²) in [5.41, 5.74) is 2.85. The first-order valence-corrected chi connectivity index (χ1v) is 6.28. The molecule has 0 aliphatic carbocycles. The Morgan fingerprint density at radius 2 is 2.00 bits per heavy atom. The molecule has 0 atom stereocenters. The second-order valence-electron chi connectivity index (χ2n) is 4.79. The minimum Gasteiger partial charge on any atom is -0.448 e. The molecule has 0 radical (unpaired) electrons. The first-order chi connectivity index (χ1) is 9.06. The summed E-state index contributed by atoms with van der Waals surface area (Å²) in [4.78, 5) is 11.8. The fourth-order valence-electron chi connectivity index (χ4n) is 1.74. The van der Waals surface area contributed by atoms with Crippen LogP contribution in [0.2, 0.25) is 0 Å². The van der Waals surface area contributed by atoms with E-state index in [1.807, 2.05) is 31.2 Å². The first-order valence-electron chi connectivity index (χ1n) is 6.28. The molecular formula is C15H18N2O2. The van der Waals surface area contributed by atoms with Crippen LogP contribution in [0.25, 0.3) is 0 Å². The van der Waals surface area contributed by atoms with Gasteiger partial charge in [-0.3, -0.25) is 5.32 Å². The van der Waals surface area contributed by atoms with Crippen molar-refractivity contribution in [3.8, 4) is 0 Å². The van der Waals surface area contributed by atoms with Gasteiger partial charge >= 0.3 is 6.03 Å². The number of rotatable bonds is 3. The third kappa shape index (κ3) is 3.37.